The average Bonchev–Trinajstić information content (AvgIpc) is 3.52. The Kier molecular flexibility index (Phi) is 7.52. The third-order valence-corrected chi connectivity index (χ3v) is 7.76. The number of nitrogens with zero attached hydrogens (tertiary/aromatic N) is 5. The Morgan fingerprint density at radius 1 is 0.953 bits per heavy atom. The van der Waals surface area contributed by atoms with Crippen molar-refractivity contribution in [3.8, 4) is 5.88 Å². The number of carbonyl (C=O) groups excluding carboxylic acids is 2. The molecule has 0 bridgehead atoms. The summed E-state index contributed by atoms with van der Waals surface area (Å²) in [6.07, 6.45) is 1.64. The lowest BCUT2D eigenvalue weighted by molar-refractivity contribution is 0.101. The first-order valence-corrected chi connectivity index (χ1v) is 14.1. The van der Waals surface area contributed by atoms with Gasteiger partial charge in [-0.3, -0.25) is 19.3 Å². The zero-order valence-electron chi connectivity index (χ0n) is 24.3. The number of aryl methyl sites for hydroxylation is 2. The number of H-pyrrole nitrogens is 1. The molecule has 10 nitrogen and oxygen atoms in total. The van der Waals surface area contributed by atoms with Crippen LogP contribution in [-0.2, 0) is 7.05 Å². The Morgan fingerprint density at radius 2 is 1.70 bits per heavy atom. The number of carbonyl (C=O) groups is 2. The summed E-state index contributed by atoms with van der Waals surface area (Å²) in [6, 6.07) is 21.8. The molecule has 6 rings (SSSR count). The molecule has 3 heterocycles. The fourth-order valence-corrected chi connectivity index (χ4v) is 5.35. The summed E-state index contributed by atoms with van der Waals surface area (Å²) in [5.74, 6) is -0.539. The number of hydrogen-bond donors (Lipinski definition) is 3. The molecule has 2 aromatic heterocycles. The third-order valence-electron chi connectivity index (χ3n) is 7.76. The number of amides is 1. The SMILES string of the molecule is Cc1cc(C(=O)Nc2cccc(C(=O)c3ccc4c(C=Nc5ccc(N6CCN(C)CC6)cc5)c(O)[nH]c4c3)c2)n(C)n1. The van der Waals surface area contributed by atoms with Crippen molar-refractivity contribution in [3.05, 3.63) is 101 Å². The summed E-state index contributed by atoms with van der Waals surface area (Å²) < 4.78 is 1.52. The Morgan fingerprint density at radius 3 is 2.42 bits per heavy atom. The Bertz CT molecular complexity index is 1840. The highest BCUT2D eigenvalue weighted by Crippen LogP contribution is 2.29. The molecule has 3 aromatic carbocycles. The molecule has 1 fully saturated rings. The molecule has 0 saturated carbocycles. The standard InChI is InChI=1S/C33H33N7O3/c1-21-17-30(39(3)37-21)33(43)35-25-6-4-5-22(18-25)31(41)23-7-12-27-28(32(42)36-29(27)19-23)20-34-24-8-10-26(11-9-24)40-15-13-38(2)14-16-40/h4-12,17-20,36,42H,13-16H2,1-3H3,(H,35,43). The lowest BCUT2D eigenvalue weighted by Gasteiger charge is -2.34. The van der Waals surface area contributed by atoms with Crippen LogP contribution in [0.4, 0.5) is 17.1 Å². The van der Waals surface area contributed by atoms with Crippen LogP contribution in [-0.4, -0.2) is 75.9 Å². The van der Waals surface area contributed by atoms with Crippen LogP contribution >= 0.6 is 0 Å². The zero-order chi connectivity index (χ0) is 30.1. The fourth-order valence-electron chi connectivity index (χ4n) is 5.35. The van der Waals surface area contributed by atoms with E-state index in [1.165, 1.54) is 10.4 Å². The minimum atomic E-state index is -0.309. The highest BCUT2D eigenvalue weighted by Gasteiger charge is 2.17. The summed E-state index contributed by atoms with van der Waals surface area (Å²) in [6.45, 7) is 5.91. The molecule has 3 N–H and O–H groups in total. The van der Waals surface area contributed by atoms with E-state index in [9.17, 15) is 14.7 Å². The van der Waals surface area contributed by atoms with Crippen LogP contribution in [0.25, 0.3) is 10.9 Å². The largest absolute Gasteiger partial charge is 0.494 e. The van der Waals surface area contributed by atoms with Crippen LogP contribution in [0.1, 0.15) is 37.7 Å². The van der Waals surface area contributed by atoms with Gasteiger partial charge in [0.1, 0.15) is 5.69 Å². The normalized spacial score (nSPS) is 14.1. The van der Waals surface area contributed by atoms with Crippen molar-refractivity contribution >= 4 is 45.9 Å². The van der Waals surface area contributed by atoms with Crippen molar-refractivity contribution in [2.45, 2.75) is 6.92 Å². The minimum Gasteiger partial charge on any atom is -0.494 e. The lowest BCUT2D eigenvalue weighted by Crippen LogP contribution is -2.44. The molecule has 1 aliphatic rings. The van der Waals surface area contributed by atoms with Gasteiger partial charge in [-0.2, -0.15) is 5.10 Å². The first kappa shape index (κ1) is 27.9. The van der Waals surface area contributed by atoms with E-state index >= 15 is 0 Å². The van der Waals surface area contributed by atoms with Gasteiger partial charge in [-0.1, -0.05) is 24.3 Å². The van der Waals surface area contributed by atoms with Crippen LogP contribution in [0.15, 0.2) is 77.8 Å². The monoisotopic (exact) mass is 575 g/mol. The summed E-state index contributed by atoms with van der Waals surface area (Å²) in [4.78, 5) is 38.3. The van der Waals surface area contributed by atoms with Gasteiger partial charge in [0.25, 0.3) is 5.91 Å². The fraction of sp³-hybridized carbons (Fsp3) is 0.212. The number of piperazine rings is 1. The summed E-state index contributed by atoms with van der Waals surface area (Å²) in [7, 11) is 3.85. The van der Waals surface area contributed by atoms with Gasteiger partial charge in [-0.05, 0) is 62.5 Å². The molecule has 1 saturated heterocycles. The number of anilines is 2. The quantitative estimate of drug-likeness (QED) is 0.188. The molecule has 1 aliphatic heterocycles. The maximum absolute atomic E-state index is 13.4. The second-order valence-corrected chi connectivity index (χ2v) is 10.9. The predicted octanol–water partition coefficient (Wildman–Crippen LogP) is 4.90. The van der Waals surface area contributed by atoms with E-state index in [1.807, 2.05) is 19.1 Å². The van der Waals surface area contributed by atoms with E-state index in [1.54, 1.807) is 61.8 Å². The van der Waals surface area contributed by atoms with Gasteiger partial charge < -0.3 is 25.2 Å². The number of aromatic hydroxyl groups is 1. The molecular formula is C33H33N7O3. The van der Waals surface area contributed by atoms with Crippen LogP contribution in [0.3, 0.4) is 0 Å². The predicted molar refractivity (Wildman–Crippen MR) is 169 cm³/mol. The van der Waals surface area contributed by atoms with Crippen molar-refractivity contribution in [3.63, 3.8) is 0 Å². The van der Waals surface area contributed by atoms with Gasteiger partial charge in [-0.15, -0.1) is 0 Å². The van der Waals surface area contributed by atoms with Gasteiger partial charge >= 0.3 is 0 Å². The Balaban J connectivity index is 1.17. The molecule has 0 spiro atoms. The van der Waals surface area contributed by atoms with Crippen LogP contribution in [0, 0.1) is 6.92 Å². The Hall–Kier alpha value is -5.22. The van der Waals surface area contributed by atoms with E-state index in [4.69, 9.17) is 0 Å². The first-order chi connectivity index (χ1) is 20.7. The highest BCUT2D eigenvalue weighted by molar-refractivity contribution is 6.13. The molecule has 0 atom stereocenters. The van der Waals surface area contributed by atoms with Crippen LogP contribution in [0.2, 0.25) is 0 Å². The molecular weight excluding hydrogens is 542 g/mol. The number of aliphatic imine (C=N–C) groups is 1. The maximum Gasteiger partial charge on any atom is 0.273 e. The van der Waals surface area contributed by atoms with Crippen LogP contribution in [0.5, 0.6) is 5.88 Å². The summed E-state index contributed by atoms with van der Waals surface area (Å²) in [5.41, 5.74) is 5.67. The average molecular weight is 576 g/mol. The topological polar surface area (TPSA) is 119 Å². The van der Waals surface area contributed by atoms with E-state index in [0.717, 1.165) is 42.9 Å². The maximum atomic E-state index is 13.4. The number of nitrogens with one attached hydrogen (secondary N) is 2. The van der Waals surface area contributed by atoms with Crippen molar-refractivity contribution in [2.24, 2.45) is 12.0 Å². The summed E-state index contributed by atoms with van der Waals surface area (Å²) in [5, 5.41) is 18.4. The smallest absolute Gasteiger partial charge is 0.273 e. The molecule has 1 amide bonds. The van der Waals surface area contributed by atoms with Gasteiger partial charge in [0.2, 0.25) is 0 Å². The number of rotatable bonds is 7. The minimum absolute atomic E-state index is 0.0208. The number of likely N-dealkylation sites (N-methyl/N-ethyl adjacent to an activating group) is 1. The Labute approximate surface area is 249 Å². The van der Waals surface area contributed by atoms with Gasteiger partial charge in [0.15, 0.2) is 11.7 Å². The number of aromatic nitrogens is 3. The second-order valence-electron chi connectivity index (χ2n) is 10.9. The lowest BCUT2D eigenvalue weighted by atomic mass is 10.0. The number of hydrogen-bond acceptors (Lipinski definition) is 7. The van der Waals surface area contributed by atoms with Gasteiger partial charge in [0.05, 0.1) is 16.9 Å². The van der Waals surface area contributed by atoms with E-state index in [2.05, 4.69) is 49.4 Å². The second kappa shape index (κ2) is 11.6. The molecule has 0 unspecified atom stereocenters. The van der Waals surface area contributed by atoms with Crippen molar-refractivity contribution < 1.29 is 14.7 Å². The van der Waals surface area contributed by atoms with E-state index in [-0.39, 0.29) is 17.6 Å². The zero-order valence-corrected chi connectivity index (χ0v) is 24.3. The molecule has 5 aromatic rings. The van der Waals surface area contributed by atoms with Gasteiger partial charge in [-0.25, -0.2) is 0 Å². The highest BCUT2D eigenvalue weighted by atomic mass is 16.3. The van der Waals surface area contributed by atoms with Gasteiger partial charge in [0, 0.05) is 72.8 Å². The molecule has 10 heteroatoms. The van der Waals surface area contributed by atoms with E-state index < -0.39 is 0 Å². The number of ketones is 1. The number of benzene rings is 3. The van der Waals surface area contributed by atoms with Crippen molar-refractivity contribution in [2.75, 3.05) is 43.4 Å². The number of aromatic amines is 1. The molecule has 0 aliphatic carbocycles. The summed E-state index contributed by atoms with van der Waals surface area (Å²) >= 11 is 0. The molecule has 0 radical (unpaired) electrons. The van der Waals surface area contributed by atoms with Crippen LogP contribution < -0.4 is 10.2 Å². The first-order valence-electron chi connectivity index (χ1n) is 14.1. The van der Waals surface area contributed by atoms with Crippen molar-refractivity contribution in [1.82, 2.24) is 19.7 Å². The molecule has 43 heavy (non-hydrogen) atoms. The molecule has 218 valence electrons. The van der Waals surface area contributed by atoms with Crippen molar-refractivity contribution in [1.29, 1.82) is 0 Å². The number of fused-ring (bicyclic) bond motifs is 1. The third kappa shape index (κ3) is 5.91. The van der Waals surface area contributed by atoms with E-state index in [0.29, 0.717) is 33.6 Å².